The molecule has 0 aromatic rings. The highest BCUT2D eigenvalue weighted by atomic mass is 16.5. The van der Waals surface area contributed by atoms with E-state index in [9.17, 15) is 0 Å². The first-order valence-corrected chi connectivity index (χ1v) is 8.54. The molecule has 2 aliphatic rings. The number of hydrogen-bond donors (Lipinski definition) is 1. The Hall–Kier alpha value is -0.120. The lowest BCUT2D eigenvalue weighted by atomic mass is 9.98. The van der Waals surface area contributed by atoms with Crippen LogP contribution in [-0.4, -0.2) is 37.4 Å². The van der Waals surface area contributed by atoms with Crippen molar-refractivity contribution in [2.75, 3.05) is 26.3 Å². The molecule has 0 atom stereocenters. The molecule has 0 unspecified atom stereocenters. The summed E-state index contributed by atoms with van der Waals surface area (Å²) in [6.45, 7) is 3.88. The van der Waals surface area contributed by atoms with Crippen molar-refractivity contribution in [2.45, 2.75) is 76.7 Å². The Balaban J connectivity index is 1.70. The molecule has 112 valence electrons. The molecule has 1 N–H and O–H groups in total. The lowest BCUT2D eigenvalue weighted by Crippen LogP contribution is -2.50. The Morgan fingerprint density at radius 3 is 1.68 bits per heavy atom. The van der Waals surface area contributed by atoms with Gasteiger partial charge in [-0.3, -0.25) is 5.43 Å². The number of ether oxygens (including phenoxy) is 1. The number of rotatable bonds is 2. The third-order valence-corrected chi connectivity index (χ3v) is 4.48. The monoisotopic (exact) mass is 268 g/mol. The summed E-state index contributed by atoms with van der Waals surface area (Å²) >= 11 is 0. The third kappa shape index (κ3) is 6.73. The molecule has 0 aromatic carbocycles. The van der Waals surface area contributed by atoms with Crippen LogP contribution >= 0.6 is 0 Å². The van der Waals surface area contributed by atoms with Crippen LogP contribution in [0.5, 0.6) is 0 Å². The summed E-state index contributed by atoms with van der Waals surface area (Å²) in [6, 6.07) is 0.706. The van der Waals surface area contributed by atoms with Crippen LogP contribution in [0.1, 0.15) is 70.6 Å². The smallest absolute Gasteiger partial charge is 0.0608 e. The van der Waals surface area contributed by atoms with Gasteiger partial charge in [0.15, 0.2) is 0 Å². The molecule has 0 radical (unpaired) electrons. The molecule has 2 rings (SSSR count). The van der Waals surface area contributed by atoms with E-state index in [0.717, 1.165) is 26.3 Å². The number of hydrogen-bond acceptors (Lipinski definition) is 3. The predicted molar refractivity (Wildman–Crippen MR) is 80.1 cm³/mol. The summed E-state index contributed by atoms with van der Waals surface area (Å²) in [5, 5.41) is 2.39. The van der Waals surface area contributed by atoms with Gasteiger partial charge in [0.25, 0.3) is 0 Å². The lowest BCUT2D eigenvalue weighted by molar-refractivity contribution is 0.00167. The molecule has 1 aliphatic carbocycles. The Morgan fingerprint density at radius 1 is 0.684 bits per heavy atom. The van der Waals surface area contributed by atoms with Gasteiger partial charge in [0.2, 0.25) is 0 Å². The van der Waals surface area contributed by atoms with Crippen molar-refractivity contribution in [3.63, 3.8) is 0 Å². The number of nitrogens with one attached hydrogen (secondary N) is 1. The molecule has 1 heterocycles. The van der Waals surface area contributed by atoms with E-state index in [2.05, 4.69) is 10.4 Å². The minimum atomic E-state index is 0.706. The summed E-state index contributed by atoms with van der Waals surface area (Å²) < 4.78 is 5.42. The minimum absolute atomic E-state index is 0.706. The third-order valence-electron chi connectivity index (χ3n) is 4.48. The molecule has 1 aliphatic heterocycles. The van der Waals surface area contributed by atoms with Gasteiger partial charge < -0.3 is 4.74 Å². The van der Waals surface area contributed by atoms with Crippen LogP contribution in [0.25, 0.3) is 0 Å². The molecule has 0 amide bonds. The van der Waals surface area contributed by atoms with E-state index in [0.29, 0.717) is 6.04 Å². The number of morpholine rings is 1. The summed E-state index contributed by atoms with van der Waals surface area (Å²) in [7, 11) is 0. The second-order valence-electron chi connectivity index (χ2n) is 6.18. The van der Waals surface area contributed by atoms with Crippen LogP contribution in [0.2, 0.25) is 0 Å². The van der Waals surface area contributed by atoms with Gasteiger partial charge in [-0.2, -0.15) is 0 Å². The lowest BCUT2D eigenvalue weighted by Gasteiger charge is -2.32. The van der Waals surface area contributed by atoms with E-state index in [1.165, 1.54) is 70.6 Å². The van der Waals surface area contributed by atoms with E-state index >= 15 is 0 Å². The second-order valence-corrected chi connectivity index (χ2v) is 6.18. The minimum Gasteiger partial charge on any atom is -0.379 e. The second kappa shape index (κ2) is 9.73. The normalized spacial score (nSPS) is 26.5. The maximum atomic E-state index is 5.42. The molecular weight excluding hydrogens is 236 g/mol. The van der Waals surface area contributed by atoms with Gasteiger partial charge in [-0.25, -0.2) is 5.01 Å². The fourth-order valence-electron chi connectivity index (χ4n) is 3.24. The Morgan fingerprint density at radius 2 is 1.16 bits per heavy atom. The fraction of sp³-hybridized carbons (Fsp3) is 1.00. The van der Waals surface area contributed by atoms with E-state index in [1.807, 2.05) is 0 Å². The van der Waals surface area contributed by atoms with Crippen molar-refractivity contribution in [1.82, 2.24) is 10.4 Å². The Kier molecular flexibility index (Phi) is 7.82. The van der Waals surface area contributed by atoms with Crippen LogP contribution in [0.4, 0.5) is 0 Å². The molecule has 19 heavy (non-hydrogen) atoms. The predicted octanol–water partition coefficient (Wildman–Crippen LogP) is 3.50. The maximum Gasteiger partial charge on any atom is 0.0608 e. The van der Waals surface area contributed by atoms with Crippen LogP contribution in [0.15, 0.2) is 0 Å². The molecule has 1 saturated carbocycles. The largest absolute Gasteiger partial charge is 0.379 e. The van der Waals surface area contributed by atoms with E-state index in [1.54, 1.807) is 0 Å². The van der Waals surface area contributed by atoms with Crippen LogP contribution in [-0.2, 0) is 4.74 Å². The molecular formula is C16H32N2O. The summed E-state index contributed by atoms with van der Waals surface area (Å²) in [5.74, 6) is 0. The highest BCUT2D eigenvalue weighted by molar-refractivity contribution is 4.69. The van der Waals surface area contributed by atoms with Gasteiger partial charge in [0.1, 0.15) is 0 Å². The molecule has 0 aromatic heterocycles. The standard InChI is InChI=1S/C16H32N2O/c1-2-4-6-8-10-16(11-9-7-5-3-1)17-18-12-14-19-15-13-18/h16-17H,1-15H2. The molecule has 0 spiro atoms. The summed E-state index contributed by atoms with van der Waals surface area (Å²) in [6.07, 6.45) is 15.7. The van der Waals surface area contributed by atoms with E-state index < -0.39 is 0 Å². The number of hydrazine groups is 1. The average molecular weight is 268 g/mol. The molecule has 3 nitrogen and oxygen atoms in total. The SMILES string of the molecule is C1CCCCCC(NN2CCOCC2)CCCCC1. The zero-order valence-electron chi connectivity index (χ0n) is 12.5. The van der Waals surface area contributed by atoms with Crippen molar-refractivity contribution < 1.29 is 4.74 Å². The average Bonchev–Trinajstić information content (AvgIpc) is 2.43. The molecule has 3 heteroatoms. The Labute approximate surface area is 119 Å². The molecule has 1 saturated heterocycles. The zero-order chi connectivity index (χ0) is 13.2. The highest BCUT2D eigenvalue weighted by Gasteiger charge is 2.15. The van der Waals surface area contributed by atoms with Gasteiger partial charge in [-0.05, 0) is 12.8 Å². The number of nitrogens with zero attached hydrogens (tertiary/aromatic N) is 1. The molecule has 2 fully saturated rings. The summed E-state index contributed by atoms with van der Waals surface area (Å²) in [5.41, 5.74) is 3.76. The molecule has 0 bridgehead atoms. The van der Waals surface area contributed by atoms with Crippen molar-refractivity contribution in [1.29, 1.82) is 0 Å². The zero-order valence-corrected chi connectivity index (χ0v) is 12.5. The van der Waals surface area contributed by atoms with Gasteiger partial charge in [0, 0.05) is 19.1 Å². The van der Waals surface area contributed by atoms with Gasteiger partial charge in [-0.1, -0.05) is 57.8 Å². The maximum absolute atomic E-state index is 5.42. The van der Waals surface area contributed by atoms with E-state index in [4.69, 9.17) is 4.74 Å². The van der Waals surface area contributed by atoms with Crippen molar-refractivity contribution in [3.05, 3.63) is 0 Å². The topological polar surface area (TPSA) is 24.5 Å². The van der Waals surface area contributed by atoms with Gasteiger partial charge >= 0.3 is 0 Å². The first-order chi connectivity index (χ1) is 9.45. The van der Waals surface area contributed by atoms with Crippen LogP contribution in [0, 0.1) is 0 Å². The van der Waals surface area contributed by atoms with Crippen molar-refractivity contribution in [2.24, 2.45) is 0 Å². The van der Waals surface area contributed by atoms with Crippen LogP contribution < -0.4 is 5.43 Å². The van der Waals surface area contributed by atoms with Gasteiger partial charge in [0.05, 0.1) is 13.2 Å². The first kappa shape index (κ1) is 15.3. The quantitative estimate of drug-likeness (QED) is 0.829. The van der Waals surface area contributed by atoms with E-state index in [-0.39, 0.29) is 0 Å². The first-order valence-electron chi connectivity index (χ1n) is 8.54. The fourth-order valence-corrected chi connectivity index (χ4v) is 3.24. The van der Waals surface area contributed by atoms with Gasteiger partial charge in [-0.15, -0.1) is 0 Å². The van der Waals surface area contributed by atoms with Crippen molar-refractivity contribution in [3.8, 4) is 0 Å². The van der Waals surface area contributed by atoms with Crippen molar-refractivity contribution >= 4 is 0 Å². The van der Waals surface area contributed by atoms with Crippen LogP contribution in [0.3, 0.4) is 0 Å². The summed E-state index contributed by atoms with van der Waals surface area (Å²) in [4.78, 5) is 0. The highest BCUT2D eigenvalue weighted by Crippen LogP contribution is 2.17. The Bertz CT molecular complexity index is 205.